The first kappa shape index (κ1) is 14.3. The highest BCUT2D eigenvalue weighted by Gasteiger charge is 2.15. The highest BCUT2D eigenvalue weighted by molar-refractivity contribution is 7.98. The van der Waals surface area contributed by atoms with E-state index in [0.717, 1.165) is 10.7 Å². The molecule has 1 amide bonds. The van der Waals surface area contributed by atoms with Gasteiger partial charge in [-0.3, -0.25) is 9.48 Å². The highest BCUT2D eigenvalue weighted by Crippen LogP contribution is 2.21. The summed E-state index contributed by atoms with van der Waals surface area (Å²) in [4.78, 5) is 12.4. The molecule has 2 heterocycles. The summed E-state index contributed by atoms with van der Waals surface area (Å²) in [5.41, 5.74) is 1.97. The maximum atomic E-state index is 12.4. The Kier molecular flexibility index (Phi) is 3.88. The Labute approximate surface area is 130 Å². The highest BCUT2D eigenvalue weighted by atomic mass is 32.2. The van der Waals surface area contributed by atoms with Crippen molar-refractivity contribution in [1.29, 1.82) is 0 Å². The number of hydrogen-bond acceptors (Lipinski definition) is 6. The van der Waals surface area contributed by atoms with Crippen molar-refractivity contribution >= 4 is 23.4 Å². The fourth-order valence-corrected chi connectivity index (χ4v) is 2.71. The van der Waals surface area contributed by atoms with E-state index in [-0.39, 0.29) is 5.91 Å². The second-order valence-corrected chi connectivity index (χ2v) is 5.24. The molecular weight excluding hydrogens is 302 g/mol. The number of nitrogens with zero attached hydrogens (tertiary/aromatic N) is 6. The fourth-order valence-electron chi connectivity index (χ4n) is 2.03. The quantitative estimate of drug-likeness (QED) is 0.731. The summed E-state index contributed by atoms with van der Waals surface area (Å²) in [5.74, 6) is -0.202. The molecule has 9 heteroatoms. The van der Waals surface area contributed by atoms with Gasteiger partial charge < -0.3 is 5.32 Å². The van der Waals surface area contributed by atoms with E-state index in [0.29, 0.717) is 11.3 Å². The molecule has 0 saturated carbocycles. The number of carbonyl (C=O) groups excluding carboxylic acids is 1. The molecule has 3 rings (SSSR count). The van der Waals surface area contributed by atoms with Gasteiger partial charge in [0.25, 0.3) is 5.91 Å². The monoisotopic (exact) mass is 315 g/mol. The molecule has 8 nitrogen and oxygen atoms in total. The molecule has 0 saturated heterocycles. The number of aromatic nitrogens is 6. The molecule has 0 radical (unpaired) electrons. The van der Waals surface area contributed by atoms with Crippen LogP contribution in [-0.2, 0) is 7.05 Å². The number of thioether (sulfide) groups is 1. The van der Waals surface area contributed by atoms with E-state index < -0.39 is 0 Å². The lowest BCUT2D eigenvalue weighted by Crippen LogP contribution is -2.12. The van der Waals surface area contributed by atoms with E-state index >= 15 is 0 Å². The molecule has 0 aliphatic heterocycles. The van der Waals surface area contributed by atoms with Gasteiger partial charge >= 0.3 is 0 Å². The first-order valence-corrected chi connectivity index (χ1v) is 7.62. The van der Waals surface area contributed by atoms with Crippen LogP contribution < -0.4 is 5.32 Å². The lowest BCUT2D eigenvalue weighted by Gasteiger charge is -2.07. The average Bonchev–Trinajstić information content (AvgIpc) is 3.16. The SMILES string of the molecule is CSc1c(C(=O)Nc2cccc(-n3cnnn3)c2)cnn1C. The maximum absolute atomic E-state index is 12.4. The van der Waals surface area contributed by atoms with Crippen molar-refractivity contribution in [3.63, 3.8) is 0 Å². The van der Waals surface area contributed by atoms with Crippen LogP contribution in [0.15, 0.2) is 41.8 Å². The van der Waals surface area contributed by atoms with Gasteiger partial charge in [-0.2, -0.15) is 5.10 Å². The van der Waals surface area contributed by atoms with E-state index in [1.165, 1.54) is 22.8 Å². The van der Waals surface area contributed by atoms with Gasteiger partial charge in [0.1, 0.15) is 11.4 Å². The zero-order chi connectivity index (χ0) is 15.5. The first-order chi connectivity index (χ1) is 10.7. The number of carbonyl (C=O) groups is 1. The smallest absolute Gasteiger partial charge is 0.260 e. The third-order valence-corrected chi connectivity index (χ3v) is 3.91. The number of nitrogens with one attached hydrogen (secondary N) is 1. The van der Waals surface area contributed by atoms with E-state index in [9.17, 15) is 4.79 Å². The molecule has 0 aliphatic carbocycles. The molecular formula is C13H13N7OS. The van der Waals surface area contributed by atoms with Crippen LogP contribution in [0.2, 0.25) is 0 Å². The van der Waals surface area contributed by atoms with E-state index in [1.54, 1.807) is 30.1 Å². The fraction of sp³-hybridized carbons (Fsp3) is 0.154. The zero-order valence-corrected chi connectivity index (χ0v) is 12.8. The van der Waals surface area contributed by atoms with E-state index in [1.807, 2.05) is 18.4 Å². The summed E-state index contributed by atoms with van der Waals surface area (Å²) in [6.07, 6.45) is 4.96. The van der Waals surface area contributed by atoms with Crippen molar-refractivity contribution in [3.8, 4) is 5.69 Å². The molecule has 1 aromatic carbocycles. The Bertz CT molecular complexity index is 797. The van der Waals surface area contributed by atoms with Crippen LogP contribution in [0.3, 0.4) is 0 Å². The van der Waals surface area contributed by atoms with Crippen LogP contribution in [0.4, 0.5) is 5.69 Å². The van der Waals surface area contributed by atoms with Gasteiger partial charge in [-0.15, -0.1) is 16.9 Å². The van der Waals surface area contributed by atoms with Gasteiger partial charge in [0.15, 0.2) is 0 Å². The third-order valence-electron chi connectivity index (χ3n) is 3.04. The predicted molar refractivity (Wildman–Crippen MR) is 82.1 cm³/mol. The predicted octanol–water partition coefficient (Wildman–Crippen LogP) is 1.37. The van der Waals surface area contributed by atoms with Crippen molar-refractivity contribution in [1.82, 2.24) is 30.0 Å². The summed E-state index contributed by atoms with van der Waals surface area (Å²) in [6, 6.07) is 7.28. The molecule has 0 unspecified atom stereocenters. The lowest BCUT2D eigenvalue weighted by atomic mass is 10.2. The molecule has 1 N–H and O–H groups in total. The minimum Gasteiger partial charge on any atom is -0.322 e. The number of benzene rings is 1. The molecule has 0 fully saturated rings. The minimum absolute atomic E-state index is 0.202. The van der Waals surface area contributed by atoms with Crippen LogP contribution in [0.5, 0.6) is 0 Å². The van der Waals surface area contributed by atoms with Gasteiger partial charge in [0.2, 0.25) is 0 Å². The van der Waals surface area contributed by atoms with Gasteiger partial charge in [0.05, 0.1) is 17.4 Å². The van der Waals surface area contributed by atoms with Crippen LogP contribution in [0, 0.1) is 0 Å². The van der Waals surface area contributed by atoms with Gasteiger partial charge in [-0.1, -0.05) is 6.07 Å². The van der Waals surface area contributed by atoms with Gasteiger partial charge in [-0.25, -0.2) is 4.68 Å². The molecule has 0 atom stereocenters. The molecule has 0 bridgehead atoms. The van der Waals surface area contributed by atoms with Gasteiger partial charge in [0, 0.05) is 12.7 Å². The third kappa shape index (κ3) is 2.70. The standard InChI is InChI=1S/C13H13N7OS/c1-19-13(22-2)11(7-15-19)12(21)16-9-4-3-5-10(6-9)20-8-14-17-18-20/h3-8H,1-2H3,(H,16,21). The first-order valence-electron chi connectivity index (χ1n) is 6.40. The summed E-state index contributed by atoms with van der Waals surface area (Å²) in [5, 5.41) is 18.8. The summed E-state index contributed by atoms with van der Waals surface area (Å²) in [6.45, 7) is 0. The number of amides is 1. The van der Waals surface area contributed by atoms with Crippen LogP contribution in [0.25, 0.3) is 5.69 Å². The Morgan fingerprint density at radius 2 is 2.23 bits per heavy atom. The minimum atomic E-state index is -0.202. The maximum Gasteiger partial charge on any atom is 0.260 e. The second kappa shape index (κ2) is 5.98. The number of hydrogen-bond donors (Lipinski definition) is 1. The van der Waals surface area contributed by atoms with Crippen LogP contribution in [0.1, 0.15) is 10.4 Å². The number of anilines is 1. The summed E-state index contributed by atoms with van der Waals surface area (Å²) < 4.78 is 3.20. The van der Waals surface area contributed by atoms with Crippen LogP contribution >= 0.6 is 11.8 Å². The topological polar surface area (TPSA) is 90.5 Å². The summed E-state index contributed by atoms with van der Waals surface area (Å²) >= 11 is 1.48. The molecule has 22 heavy (non-hydrogen) atoms. The van der Waals surface area contributed by atoms with E-state index in [2.05, 4.69) is 25.9 Å². The van der Waals surface area contributed by atoms with Crippen molar-refractivity contribution in [3.05, 3.63) is 42.4 Å². The molecule has 0 aliphatic rings. The largest absolute Gasteiger partial charge is 0.322 e. The summed E-state index contributed by atoms with van der Waals surface area (Å²) in [7, 11) is 1.81. The number of rotatable bonds is 4. The Balaban J connectivity index is 1.84. The molecule has 3 aromatic rings. The molecule has 112 valence electrons. The van der Waals surface area contributed by atoms with E-state index in [4.69, 9.17) is 0 Å². The normalized spacial score (nSPS) is 10.6. The zero-order valence-electron chi connectivity index (χ0n) is 12.0. The van der Waals surface area contributed by atoms with Crippen LogP contribution in [-0.4, -0.2) is 42.2 Å². The van der Waals surface area contributed by atoms with Crippen molar-refractivity contribution in [2.45, 2.75) is 5.03 Å². The average molecular weight is 315 g/mol. The second-order valence-electron chi connectivity index (χ2n) is 4.45. The lowest BCUT2D eigenvalue weighted by molar-refractivity contribution is 0.102. The van der Waals surface area contributed by atoms with Gasteiger partial charge in [-0.05, 0) is 34.9 Å². The Hall–Kier alpha value is -2.68. The van der Waals surface area contributed by atoms with Crippen molar-refractivity contribution in [2.24, 2.45) is 7.05 Å². The molecule has 0 spiro atoms. The Morgan fingerprint density at radius 3 is 2.95 bits per heavy atom. The number of aryl methyl sites for hydroxylation is 1. The van der Waals surface area contributed by atoms with Crippen molar-refractivity contribution in [2.75, 3.05) is 11.6 Å². The number of tetrazole rings is 1. The van der Waals surface area contributed by atoms with Crippen molar-refractivity contribution < 1.29 is 4.79 Å². The molecule has 2 aromatic heterocycles. The Morgan fingerprint density at radius 1 is 1.36 bits per heavy atom.